The van der Waals surface area contributed by atoms with E-state index in [9.17, 15) is 22.4 Å². The summed E-state index contributed by atoms with van der Waals surface area (Å²) in [6.45, 7) is 1.63. The Morgan fingerprint density at radius 3 is 2.56 bits per heavy atom. The van der Waals surface area contributed by atoms with Crippen LogP contribution in [0.4, 0.5) is 17.6 Å². The average molecular weight is 259 g/mol. The Morgan fingerprint density at radius 2 is 2.06 bits per heavy atom. The average Bonchev–Trinajstić information content (AvgIpc) is 2.27. The molecule has 0 atom stereocenters. The first kappa shape index (κ1) is 14.0. The maximum atomic E-state index is 13.2. The summed E-state index contributed by atoms with van der Waals surface area (Å²) in [4.78, 5) is 11.4. The molecule has 0 unspecified atom stereocenters. The smallest absolute Gasteiger partial charge is 0.341 e. The summed E-state index contributed by atoms with van der Waals surface area (Å²) >= 11 is 0. The van der Waals surface area contributed by atoms with Gasteiger partial charge in [0.2, 0.25) is 0 Å². The van der Waals surface area contributed by atoms with Crippen molar-refractivity contribution in [2.75, 3.05) is 6.54 Å². The van der Waals surface area contributed by atoms with Crippen LogP contribution in [0.1, 0.15) is 22.8 Å². The zero-order valence-corrected chi connectivity index (χ0v) is 9.36. The Balaban J connectivity index is 2.90. The molecule has 6 heteroatoms. The third-order valence-electron chi connectivity index (χ3n) is 2.05. The molecule has 0 saturated carbocycles. The zero-order chi connectivity index (χ0) is 13.8. The van der Waals surface area contributed by atoms with Crippen LogP contribution < -0.4 is 5.32 Å². The molecule has 0 fully saturated rings. The van der Waals surface area contributed by atoms with Crippen molar-refractivity contribution in [1.29, 1.82) is 0 Å². The van der Waals surface area contributed by atoms with Gasteiger partial charge in [0.25, 0.3) is 5.91 Å². The van der Waals surface area contributed by atoms with Gasteiger partial charge in [0, 0.05) is 5.56 Å². The van der Waals surface area contributed by atoms with Gasteiger partial charge in [0.15, 0.2) is 0 Å². The maximum absolute atomic E-state index is 13.2. The first-order chi connectivity index (χ1) is 8.36. The molecular weight excluding hydrogens is 250 g/mol. The molecule has 0 aliphatic rings. The van der Waals surface area contributed by atoms with Crippen molar-refractivity contribution < 1.29 is 22.4 Å². The minimum absolute atomic E-state index is 0.0535. The van der Waals surface area contributed by atoms with Crippen LogP contribution in [0.2, 0.25) is 0 Å². The van der Waals surface area contributed by atoms with E-state index in [1.165, 1.54) is 0 Å². The van der Waals surface area contributed by atoms with Crippen LogP contribution in [-0.4, -0.2) is 12.5 Å². The molecular formula is C12H9F4NO. The summed E-state index contributed by atoms with van der Waals surface area (Å²) in [6, 6.07) is 2.01. The van der Waals surface area contributed by atoms with Crippen molar-refractivity contribution >= 4 is 5.91 Å². The summed E-state index contributed by atoms with van der Waals surface area (Å²) in [5, 5.41) is 2.32. The summed E-state index contributed by atoms with van der Waals surface area (Å²) < 4.78 is 50.0. The number of hydrogen-bond donors (Lipinski definition) is 1. The fourth-order valence-corrected chi connectivity index (χ4v) is 1.20. The fraction of sp³-hybridized carbons (Fsp3) is 0.250. The first-order valence-corrected chi connectivity index (χ1v) is 4.91. The lowest BCUT2D eigenvalue weighted by molar-refractivity contribution is -0.140. The van der Waals surface area contributed by atoms with Crippen LogP contribution >= 0.6 is 0 Å². The molecule has 1 aromatic carbocycles. The molecule has 0 bridgehead atoms. The van der Waals surface area contributed by atoms with E-state index in [0.717, 1.165) is 6.07 Å². The van der Waals surface area contributed by atoms with Crippen molar-refractivity contribution in [2.45, 2.75) is 13.1 Å². The van der Waals surface area contributed by atoms with E-state index in [-0.39, 0.29) is 12.1 Å². The molecule has 1 amide bonds. The highest BCUT2D eigenvalue weighted by atomic mass is 19.4. The van der Waals surface area contributed by atoms with Gasteiger partial charge in [-0.25, -0.2) is 4.39 Å². The van der Waals surface area contributed by atoms with Gasteiger partial charge in [-0.15, -0.1) is 5.92 Å². The van der Waals surface area contributed by atoms with Crippen LogP contribution in [0.15, 0.2) is 18.2 Å². The molecule has 0 spiro atoms. The normalized spacial score (nSPS) is 10.5. The van der Waals surface area contributed by atoms with E-state index in [2.05, 4.69) is 17.2 Å². The van der Waals surface area contributed by atoms with Crippen molar-refractivity contribution in [3.63, 3.8) is 0 Å². The lowest BCUT2D eigenvalue weighted by Gasteiger charge is -2.09. The second-order valence-corrected chi connectivity index (χ2v) is 3.30. The fourth-order valence-electron chi connectivity index (χ4n) is 1.20. The number of benzene rings is 1. The molecule has 0 heterocycles. The summed E-state index contributed by atoms with van der Waals surface area (Å²) in [7, 11) is 0. The highest BCUT2D eigenvalue weighted by Crippen LogP contribution is 2.31. The number of amides is 1. The topological polar surface area (TPSA) is 29.1 Å². The molecule has 0 saturated heterocycles. The van der Waals surface area contributed by atoms with E-state index in [1.807, 2.05) is 0 Å². The monoisotopic (exact) mass is 259 g/mol. The molecule has 96 valence electrons. The predicted octanol–water partition coefficient (Wildman–Crippen LogP) is 2.60. The van der Waals surface area contributed by atoms with E-state index in [4.69, 9.17) is 0 Å². The number of halogens is 4. The Kier molecular flexibility index (Phi) is 4.32. The van der Waals surface area contributed by atoms with Crippen LogP contribution in [0, 0.1) is 17.7 Å². The summed E-state index contributed by atoms with van der Waals surface area (Å²) in [5.41, 5.74) is -1.58. The van der Waals surface area contributed by atoms with E-state index < -0.39 is 23.5 Å². The van der Waals surface area contributed by atoms with Crippen LogP contribution in [-0.2, 0) is 6.18 Å². The van der Waals surface area contributed by atoms with Gasteiger partial charge < -0.3 is 5.32 Å². The van der Waals surface area contributed by atoms with E-state index in [1.54, 1.807) is 6.92 Å². The molecule has 18 heavy (non-hydrogen) atoms. The van der Waals surface area contributed by atoms with E-state index in [0.29, 0.717) is 12.1 Å². The molecule has 0 aliphatic heterocycles. The molecule has 1 rings (SSSR count). The second-order valence-electron chi connectivity index (χ2n) is 3.30. The molecule has 2 nitrogen and oxygen atoms in total. The molecule has 0 aliphatic carbocycles. The second kappa shape index (κ2) is 5.54. The van der Waals surface area contributed by atoms with Crippen molar-refractivity contribution in [1.82, 2.24) is 5.32 Å². The third kappa shape index (κ3) is 3.48. The van der Waals surface area contributed by atoms with Gasteiger partial charge >= 0.3 is 6.18 Å². The molecule has 0 radical (unpaired) electrons. The number of nitrogens with one attached hydrogen (secondary N) is 1. The summed E-state index contributed by atoms with van der Waals surface area (Å²) in [6.07, 6.45) is -4.77. The number of carbonyl (C=O) groups excluding carboxylic acids is 1. The minimum Gasteiger partial charge on any atom is -0.341 e. The van der Waals surface area contributed by atoms with Gasteiger partial charge in [-0.3, -0.25) is 4.79 Å². The molecule has 1 aromatic rings. The Bertz CT molecular complexity index is 511. The molecule has 1 N–H and O–H groups in total. The van der Waals surface area contributed by atoms with Gasteiger partial charge in [-0.2, -0.15) is 13.2 Å². The first-order valence-electron chi connectivity index (χ1n) is 4.91. The lowest BCUT2D eigenvalue weighted by atomic mass is 10.1. The lowest BCUT2D eigenvalue weighted by Crippen LogP contribution is -2.24. The Hall–Kier alpha value is -2.03. The van der Waals surface area contributed by atoms with Crippen LogP contribution in [0.3, 0.4) is 0 Å². The Morgan fingerprint density at radius 1 is 1.39 bits per heavy atom. The standard InChI is InChI=1S/C12H9F4NO/c1-2-3-6-17-11(18)8-4-5-9(10(13)7-8)12(14,15)16/h4-5,7H,6H2,1H3,(H,17,18). The van der Waals surface area contributed by atoms with Gasteiger partial charge in [-0.1, -0.05) is 5.92 Å². The largest absolute Gasteiger partial charge is 0.419 e. The number of hydrogen-bond acceptors (Lipinski definition) is 1. The number of alkyl halides is 3. The Labute approximate surface area is 101 Å². The maximum Gasteiger partial charge on any atom is 0.419 e. The SMILES string of the molecule is CC#CCNC(=O)c1ccc(C(F)(F)F)c(F)c1. The zero-order valence-electron chi connectivity index (χ0n) is 9.36. The third-order valence-corrected chi connectivity index (χ3v) is 2.05. The van der Waals surface area contributed by atoms with Crippen molar-refractivity contribution in [2.24, 2.45) is 0 Å². The highest BCUT2D eigenvalue weighted by molar-refractivity contribution is 5.94. The quantitative estimate of drug-likeness (QED) is 0.642. The number of rotatable bonds is 2. The van der Waals surface area contributed by atoms with Crippen LogP contribution in [0.25, 0.3) is 0 Å². The van der Waals surface area contributed by atoms with Gasteiger partial charge in [0.05, 0.1) is 12.1 Å². The minimum atomic E-state index is -4.77. The molecule has 0 aromatic heterocycles. The van der Waals surface area contributed by atoms with Crippen molar-refractivity contribution in [3.8, 4) is 11.8 Å². The van der Waals surface area contributed by atoms with Crippen LogP contribution in [0.5, 0.6) is 0 Å². The van der Waals surface area contributed by atoms with Crippen molar-refractivity contribution in [3.05, 3.63) is 35.1 Å². The predicted molar refractivity (Wildman–Crippen MR) is 57.2 cm³/mol. The van der Waals surface area contributed by atoms with Gasteiger partial charge in [-0.05, 0) is 25.1 Å². The van der Waals surface area contributed by atoms with E-state index >= 15 is 0 Å². The van der Waals surface area contributed by atoms with Gasteiger partial charge in [0.1, 0.15) is 5.82 Å². The number of carbonyl (C=O) groups is 1. The highest BCUT2D eigenvalue weighted by Gasteiger charge is 2.34. The summed E-state index contributed by atoms with van der Waals surface area (Å²) in [5.74, 6) is 2.92.